The van der Waals surface area contributed by atoms with Crippen LogP contribution in [-0.4, -0.2) is 26.0 Å². The van der Waals surface area contributed by atoms with Gasteiger partial charge in [-0.05, 0) is 20.3 Å². The van der Waals surface area contributed by atoms with Gasteiger partial charge in [0.25, 0.3) is 0 Å². The lowest BCUT2D eigenvalue weighted by atomic mass is 10.1. The highest BCUT2D eigenvalue weighted by Gasteiger charge is 2.12. The van der Waals surface area contributed by atoms with Crippen molar-refractivity contribution in [3.05, 3.63) is 12.2 Å². The molecule has 0 fully saturated rings. The summed E-state index contributed by atoms with van der Waals surface area (Å²) in [5.41, 5.74) is 0. The summed E-state index contributed by atoms with van der Waals surface area (Å²) in [6, 6.07) is 0.306. The first-order chi connectivity index (χ1) is 7.65. The van der Waals surface area contributed by atoms with Crippen LogP contribution >= 0.6 is 0 Å². The molecule has 0 saturated carbocycles. The van der Waals surface area contributed by atoms with E-state index in [1.165, 1.54) is 12.8 Å². The average molecular weight is 225 g/mol. The van der Waals surface area contributed by atoms with Crippen molar-refractivity contribution in [2.75, 3.05) is 0 Å². The Morgan fingerprint density at radius 1 is 1.38 bits per heavy atom. The first-order valence-corrected chi connectivity index (χ1v) is 6.21. The molecule has 1 unspecified atom stereocenters. The molecule has 0 amide bonds. The van der Waals surface area contributed by atoms with Crippen molar-refractivity contribution in [3.63, 3.8) is 0 Å². The average Bonchev–Trinajstić information content (AvgIpc) is 2.66. The zero-order valence-electron chi connectivity index (χ0n) is 10.6. The van der Waals surface area contributed by atoms with E-state index in [0.29, 0.717) is 12.5 Å². The maximum absolute atomic E-state index is 9.87. The molecule has 1 N–H and O–H groups in total. The minimum atomic E-state index is -0.284. The number of aliphatic hydroxyl groups excluding tert-OH is 1. The highest BCUT2D eigenvalue weighted by molar-refractivity contribution is 4.89. The van der Waals surface area contributed by atoms with Gasteiger partial charge in [0.2, 0.25) is 0 Å². The molecule has 0 aliphatic rings. The van der Waals surface area contributed by atoms with Crippen LogP contribution in [0.15, 0.2) is 6.33 Å². The Hall–Kier alpha value is -0.900. The van der Waals surface area contributed by atoms with Crippen LogP contribution in [0, 0.1) is 0 Å². The van der Waals surface area contributed by atoms with E-state index in [9.17, 15) is 5.11 Å². The Bertz CT molecular complexity index is 296. The Morgan fingerprint density at radius 3 is 2.75 bits per heavy atom. The van der Waals surface area contributed by atoms with Crippen LogP contribution in [0.2, 0.25) is 0 Å². The molecule has 92 valence electrons. The number of aliphatic hydroxyl groups is 1. The molecule has 16 heavy (non-hydrogen) atoms. The Kier molecular flexibility index (Phi) is 5.46. The van der Waals surface area contributed by atoms with E-state index in [1.54, 1.807) is 6.33 Å². The quantitative estimate of drug-likeness (QED) is 0.725. The number of aromatic nitrogens is 3. The SMILES string of the molecule is CCCCCC(O)Cc1ncnn1C(C)C. The van der Waals surface area contributed by atoms with E-state index in [1.807, 2.05) is 4.68 Å². The zero-order valence-corrected chi connectivity index (χ0v) is 10.6. The second-order valence-electron chi connectivity index (χ2n) is 4.57. The predicted octanol–water partition coefficient (Wildman–Crippen LogP) is 2.34. The van der Waals surface area contributed by atoms with Crippen molar-refractivity contribution in [2.24, 2.45) is 0 Å². The third-order valence-electron chi connectivity index (χ3n) is 2.70. The third kappa shape index (κ3) is 3.93. The van der Waals surface area contributed by atoms with Gasteiger partial charge in [-0.15, -0.1) is 0 Å². The molecule has 1 atom stereocenters. The molecular formula is C12H23N3O. The van der Waals surface area contributed by atoms with Gasteiger partial charge in [0.15, 0.2) is 0 Å². The standard InChI is InChI=1S/C12H23N3O/c1-4-5-6-7-11(16)8-12-13-9-14-15(12)10(2)3/h9-11,16H,4-8H2,1-3H3. The third-order valence-corrected chi connectivity index (χ3v) is 2.70. The van der Waals surface area contributed by atoms with E-state index >= 15 is 0 Å². The molecule has 0 radical (unpaired) electrons. The molecule has 0 aromatic carbocycles. The van der Waals surface area contributed by atoms with Crippen LogP contribution in [0.5, 0.6) is 0 Å². The van der Waals surface area contributed by atoms with Gasteiger partial charge in [0.05, 0.1) is 6.10 Å². The topological polar surface area (TPSA) is 50.9 Å². The smallest absolute Gasteiger partial charge is 0.138 e. The molecule has 0 spiro atoms. The number of unbranched alkanes of at least 4 members (excludes halogenated alkanes) is 2. The first-order valence-electron chi connectivity index (χ1n) is 6.21. The molecule has 1 aromatic rings. The van der Waals surface area contributed by atoms with Crippen LogP contribution in [0.3, 0.4) is 0 Å². The van der Waals surface area contributed by atoms with E-state index in [-0.39, 0.29) is 6.10 Å². The van der Waals surface area contributed by atoms with Crippen molar-refractivity contribution < 1.29 is 5.11 Å². The van der Waals surface area contributed by atoms with E-state index in [4.69, 9.17) is 0 Å². The fourth-order valence-electron chi connectivity index (χ4n) is 1.79. The highest BCUT2D eigenvalue weighted by Crippen LogP contribution is 2.11. The lowest BCUT2D eigenvalue weighted by molar-refractivity contribution is 0.156. The number of nitrogens with zero attached hydrogens (tertiary/aromatic N) is 3. The molecule has 1 aromatic heterocycles. The normalized spacial score (nSPS) is 13.3. The molecule has 1 heterocycles. The zero-order chi connectivity index (χ0) is 12.0. The van der Waals surface area contributed by atoms with Crippen LogP contribution in [-0.2, 0) is 6.42 Å². The highest BCUT2D eigenvalue weighted by atomic mass is 16.3. The Balaban J connectivity index is 2.43. The van der Waals surface area contributed by atoms with E-state index < -0.39 is 0 Å². The second-order valence-corrected chi connectivity index (χ2v) is 4.57. The monoisotopic (exact) mass is 225 g/mol. The van der Waals surface area contributed by atoms with Crippen molar-refractivity contribution in [1.29, 1.82) is 0 Å². The lowest BCUT2D eigenvalue weighted by Gasteiger charge is -2.12. The van der Waals surface area contributed by atoms with Gasteiger partial charge >= 0.3 is 0 Å². The van der Waals surface area contributed by atoms with Crippen LogP contribution < -0.4 is 0 Å². The summed E-state index contributed by atoms with van der Waals surface area (Å²) >= 11 is 0. The van der Waals surface area contributed by atoms with Gasteiger partial charge in [-0.3, -0.25) is 0 Å². The van der Waals surface area contributed by atoms with Gasteiger partial charge < -0.3 is 5.11 Å². The molecule has 0 saturated heterocycles. The summed E-state index contributed by atoms with van der Waals surface area (Å²) in [6.07, 6.45) is 6.22. The molecule has 1 rings (SSSR count). The minimum Gasteiger partial charge on any atom is -0.393 e. The summed E-state index contributed by atoms with van der Waals surface area (Å²) < 4.78 is 1.88. The Labute approximate surface area is 97.7 Å². The summed E-state index contributed by atoms with van der Waals surface area (Å²) in [5.74, 6) is 0.888. The number of rotatable bonds is 7. The van der Waals surface area contributed by atoms with Gasteiger partial charge in [-0.1, -0.05) is 26.2 Å². The maximum Gasteiger partial charge on any atom is 0.138 e. The summed E-state index contributed by atoms with van der Waals surface area (Å²) in [5, 5.41) is 14.0. The second kappa shape index (κ2) is 6.63. The van der Waals surface area contributed by atoms with Crippen molar-refractivity contribution in [3.8, 4) is 0 Å². The molecule has 4 heteroatoms. The molecule has 0 bridgehead atoms. The van der Waals surface area contributed by atoms with E-state index in [0.717, 1.165) is 18.7 Å². The number of hydrogen-bond donors (Lipinski definition) is 1. The predicted molar refractivity (Wildman–Crippen MR) is 64.3 cm³/mol. The Morgan fingerprint density at radius 2 is 2.12 bits per heavy atom. The van der Waals surface area contributed by atoms with Gasteiger partial charge in [0, 0.05) is 12.5 Å². The van der Waals surface area contributed by atoms with Gasteiger partial charge in [0.1, 0.15) is 12.2 Å². The van der Waals surface area contributed by atoms with Crippen molar-refractivity contribution in [1.82, 2.24) is 14.8 Å². The number of hydrogen-bond acceptors (Lipinski definition) is 3. The summed E-state index contributed by atoms with van der Waals surface area (Å²) in [7, 11) is 0. The molecule has 0 aliphatic carbocycles. The molecule has 0 aliphatic heterocycles. The summed E-state index contributed by atoms with van der Waals surface area (Å²) in [4.78, 5) is 4.20. The van der Waals surface area contributed by atoms with Crippen molar-refractivity contribution >= 4 is 0 Å². The molecule has 4 nitrogen and oxygen atoms in total. The largest absolute Gasteiger partial charge is 0.393 e. The molecular weight excluding hydrogens is 202 g/mol. The van der Waals surface area contributed by atoms with Crippen LogP contribution in [0.1, 0.15) is 58.3 Å². The summed E-state index contributed by atoms with van der Waals surface area (Å²) in [6.45, 7) is 6.31. The van der Waals surface area contributed by atoms with Gasteiger partial charge in [-0.25, -0.2) is 9.67 Å². The fraction of sp³-hybridized carbons (Fsp3) is 0.833. The lowest BCUT2D eigenvalue weighted by Crippen LogP contribution is -2.16. The fourth-order valence-corrected chi connectivity index (χ4v) is 1.79. The van der Waals surface area contributed by atoms with Crippen molar-refractivity contribution in [2.45, 2.75) is 65.0 Å². The first kappa shape index (κ1) is 13.2. The van der Waals surface area contributed by atoms with E-state index in [2.05, 4.69) is 30.9 Å². The van der Waals surface area contributed by atoms with Gasteiger partial charge in [-0.2, -0.15) is 5.10 Å². The maximum atomic E-state index is 9.87. The van der Waals surface area contributed by atoms with Crippen LogP contribution in [0.25, 0.3) is 0 Å². The minimum absolute atomic E-state index is 0.284. The van der Waals surface area contributed by atoms with Crippen LogP contribution in [0.4, 0.5) is 0 Å².